The topological polar surface area (TPSA) is 51.8 Å². The van der Waals surface area contributed by atoms with E-state index in [-0.39, 0.29) is 0 Å². The molecule has 3 aromatic heterocycles. The second kappa shape index (κ2) is 10.7. The van der Waals surface area contributed by atoms with Gasteiger partial charge in [-0.3, -0.25) is 0 Å². The lowest BCUT2D eigenvalue weighted by Crippen LogP contribution is -2.00. The summed E-state index contributed by atoms with van der Waals surface area (Å²) in [6.07, 6.45) is 0. The van der Waals surface area contributed by atoms with E-state index in [9.17, 15) is 0 Å². The lowest BCUT2D eigenvalue weighted by molar-refractivity contribution is 0.669. The first-order valence-electron chi connectivity index (χ1n) is 15.9. The molecule has 4 nitrogen and oxygen atoms in total. The van der Waals surface area contributed by atoms with Gasteiger partial charge in [-0.2, -0.15) is 0 Å². The second-order valence-corrected chi connectivity index (χ2v) is 13.0. The number of furan rings is 1. The standard InChI is InChI=1S/C43H25N3OS/c1-3-13-27(14-4-1)41-44-42(28-15-5-2-6-16-28)46-43(45-41)34-24-29(31-19-11-20-33-32-18-9-10-21-37(32)48-40(31)33)25-36-39(34)38-30-17-8-7-12-26(30)22-23-35(38)47-36/h1-25H. The normalized spacial score (nSPS) is 11.8. The predicted octanol–water partition coefficient (Wildman–Crippen LogP) is 12.0. The van der Waals surface area contributed by atoms with E-state index < -0.39 is 0 Å². The number of thiophene rings is 1. The molecular formula is C43H25N3OS. The van der Waals surface area contributed by atoms with Crippen molar-refractivity contribution in [1.82, 2.24) is 15.0 Å². The number of fused-ring (bicyclic) bond motifs is 8. The molecule has 0 saturated carbocycles. The van der Waals surface area contributed by atoms with Gasteiger partial charge in [0.1, 0.15) is 11.2 Å². The molecule has 0 N–H and O–H groups in total. The van der Waals surface area contributed by atoms with Crippen LogP contribution in [0.25, 0.3) is 98.2 Å². The molecule has 0 unspecified atom stereocenters. The summed E-state index contributed by atoms with van der Waals surface area (Å²) in [4.78, 5) is 15.4. The maximum absolute atomic E-state index is 6.72. The van der Waals surface area contributed by atoms with Crippen molar-refractivity contribution in [3.8, 4) is 45.3 Å². The van der Waals surface area contributed by atoms with E-state index in [2.05, 4.69) is 91.0 Å². The molecule has 5 heteroatoms. The minimum absolute atomic E-state index is 0.605. The van der Waals surface area contributed by atoms with Gasteiger partial charge in [0.25, 0.3) is 0 Å². The third-order valence-corrected chi connectivity index (χ3v) is 10.3. The highest BCUT2D eigenvalue weighted by atomic mass is 32.1. The number of hydrogen-bond acceptors (Lipinski definition) is 5. The molecule has 0 fully saturated rings. The van der Waals surface area contributed by atoms with E-state index in [1.165, 1.54) is 20.2 Å². The van der Waals surface area contributed by atoms with Crippen molar-refractivity contribution in [2.75, 3.05) is 0 Å². The Hall–Kier alpha value is -6.17. The predicted molar refractivity (Wildman–Crippen MR) is 199 cm³/mol. The Labute approximate surface area is 279 Å². The summed E-state index contributed by atoms with van der Waals surface area (Å²) in [5.41, 5.74) is 6.63. The average molecular weight is 632 g/mol. The second-order valence-electron chi connectivity index (χ2n) is 12.0. The molecule has 7 aromatic carbocycles. The van der Waals surface area contributed by atoms with Crippen molar-refractivity contribution >= 4 is 64.2 Å². The van der Waals surface area contributed by atoms with Crippen LogP contribution in [0.5, 0.6) is 0 Å². The van der Waals surface area contributed by atoms with Gasteiger partial charge in [0.15, 0.2) is 17.5 Å². The van der Waals surface area contributed by atoms with Gasteiger partial charge in [-0.05, 0) is 46.2 Å². The van der Waals surface area contributed by atoms with E-state index in [0.29, 0.717) is 17.5 Å². The summed E-state index contributed by atoms with van der Waals surface area (Å²) < 4.78 is 9.24. The fourth-order valence-corrected chi connectivity index (χ4v) is 8.14. The van der Waals surface area contributed by atoms with E-state index in [1.807, 2.05) is 72.0 Å². The van der Waals surface area contributed by atoms with Crippen molar-refractivity contribution < 1.29 is 4.42 Å². The Balaban J connectivity index is 1.33. The lowest BCUT2D eigenvalue weighted by Gasteiger charge is -2.12. The van der Waals surface area contributed by atoms with Crippen LogP contribution in [0.15, 0.2) is 156 Å². The molecule has 0 spiro atoms. The van der Waals surface area contributed by atoms with Gasteiger partial charge in [0.2, 0.25) is 0 Å². The Bertz CT molecular complexity index is 2780. The van der Waals surface area contributed by atoms with Gasteiger partial charge in [-0.15, -0.1) is 11.3 Å². The molecule has 10 rings (SSSR count). The zero-order chi connectivity index (χ0) is 31.6. The number of hydrogen-bond donors (Lipinski definition) is 0. The summed E-state index contributed by atoms with van der Waals surface area (Å²) >= 11 is 1.82. The number of rotatable bonds is 4. The zero-order valence-corrected chi connectivity index (χ0v) is 26.4. The maximum atomic E-state index is 6.72. The minimum Gasteiger partial charge on any atom is -0.456 e. The molecule has 0 atom stereocenters. The molecule has 0 radical (unpaired) electrons. The fraction of sp³-hybridized carbons (Fsp3) is 0. The van der Waals surface area contributed by atoms with Gasteiger partial charge in [-0.1, -0.05) is 127 Å². The number of aromatic nitrogens is 3. The third kappa shape index (κ3) is 4.25. The summed E-state index contributed by atoms with van der Waals surface area (Å²) in [5.74, 6) is 1.86. The van der Waals surface area contributed by atoms with E-state index >= 15 is 0 Å². The van der Waals surface area contributed by atoms with Gasteiger partial charge >= 0.3 is 0 Å². The van der Waals surface area contributed by atoms with Crippen LogP contribution < -0.4 is 0 Å². The molecule has 0 aliphatic rings. The summed E-state index contributed by atoms with van der Waals surface area (Å²) in [6.45, 7) is 0. The highest BCUT2D eigenvalue weighted by molar-refractivity contribution is 7.26. The van der Waals surface area contributed by atoms with E-state index in [0.717, 1.165) is 60.5 Å². The van der Waals surface area contributed by atoms with Crippen molar-refractivity contribution in [3.63, 3.8) is 0 Å². The molecule has 10 aromatic rings. The molecule has 0 aliphatic carbocycles. The number of benzene rings is 7. The smallest absolute Gasteiger partial charge is 0.164 e. The van der Waals surface area contributed by atoms with E-state index in [1.54, 1.807) is 0 Å². The van der Waals surface area contributed by atoms with Gasteiger partial charge in [0, 0.05) is 47.6 Å². The number of nitrogens with zero attached hydrogens (tertiary/aromatic N) is 3. The highest BCUT2D eigenvalue weighted by Crippen LogP contribution is 2.45. The van der Waals surface area contributed by atoms with Crippen LogP contribution in [0, 0.1) is 0 Å². The van der Waals surface area contributed by atoms with E-state index in [4.69, 9.17) is 19.4 Å². The minimum atomic E-state index is 0.605. The summed E-state index contributed by atoms with van der Waals surface area (Å²) in [5, 5.41) is 6.88. The lowest BCUT2D eigenvalue weighted by atomic mass is 9.95. The molecule has 0 aliphatic heterocycles. The van der Waals surface area contributed by atoms with Crippen molar-refractivity contribution in [2.45, 2.75) is 0 Å². The molecule has 0 amide bonds. The SMILES string of the molecule is c1ccc(-c2nc(-c3ccccc3)nc(-c3cc(-c4cccc5c4sc4ccccc45)cc4oc5ccc6ccccc6c5c34)n2)cc1. The molecule has 48 heavy (non-hydrogen) atoms. The van der Waals surface area contributed by atoms with Crippen LogP contribution >= 0.6 is 11.3 Å². The van der Waals surface area contributed by atoms with Crippen molar-refractivity contribution in [2.24, 2.45) is 0 Å². The first-order valence-corrected chi connectivity index (χ1v) is 16.8. The Morgan fingerprint density at radius 1 is 0.417 bits per heavy atom. The quantitative estimate of drug-likeness (QED) is 0.194. The zero-order valence-electron chi connectivity index (χ0n) is 25.6. The Kier molecular flexibility index (Phi) is 6.01. The largest absolute Gasteiger partial charge is 0.456 e. The van der Waals surface area contributed by atoms with Crippen molar-refractivity contribution in [1.29, 1.82) is 0 Å². The van der Waals surface area contributed by atoms with Crippen LogP contribution in [-0.2, 0) is 0 Å². The summed E-state index contributed by atoms with van der Waals surface area (Å²) in [6, 6.07) is 52.6. The van der Waals surface area contributed by atoms with Crippen LogP contribution in [0.4, 0.5) is 0 Å². The third-order valence-electron chi connectivity index (χ3n) is 9.12. The molecule has 224 valence electrons. The van der Waals surface area contributed by atoms with Crippen molar-refractivity contribution in [3.05, 3.63) is 152 Å². The first kappa shape index (κ1) is 27.0. The molecule has 3 heterocycles. The molecular weight excluding hydrogens is 607 g/mol. The van der Waals surface area contributed by atoms with Gasteiger partial charge < -0.3 is 4.42 Å². The first-order chi connectivity index (χ1) is 23.8. The molecule has 0 bridgehead atoms. The highest BCUT2D eigenvalue weighted by Gasteiger charge is 2.22. The average Bonchev–Trinajstić information content (AvgIpc) is 3.74. The Morgan fingerprint density at radius 2 is 1.06 bits per heavy atom. The maximum Gasteiger partial charge on any atom is 0.164 e. The van der Waals surface area contributed by atoms with Crippen LogP contribution in [0.3, 0.4) is 0 Å². The van der Waals surface area contributed by atoms with Crippen LogP contribution in [0.2, 0.25) is 0 Å². The van der Waals surface area contributed by atoms with Crippen LogP contribution in [-0.4, -0.2) is 15.0 Å². The monoisotopic (exact) mass is 631 g/mol. The fourth-order valence-electron chi connectivity index (χ4n) is 6.90. The summed E-state index contributed by atoms with van der Waals surface area (Å²) in [7, 11) is 0. The molecule has 0 saturated heterocycles. The Morgan fingerprint density at radius 3 is 1.83 bits per heavy atom. The van der Waals surface area contributed by atoms with Gasteiger partial charge in [-0.25, -0.2) is 15.0 Å². The van der Waals surface area contributed by atoms with Gasteiger partial charge in [0.05, 0.1) is 0 Å². The van der Waals surface area contributed by atoms with Crippen LogP contribution in [0.1, 0.15) is 0 Å².